The van der Waals surface area contributed by atoms with Gasteiger partial charge in [-0.25, -0.2) is 0 Å². The van der Waals surface area contributed by atoms with E-state index in [0.29, 0.717) is 12.8 Å². The van der Waals surface area contributed by atoms with Gasteiger partial charge in [0.05, 0.1) is 25.4 Å². The maximum Gasteiger partial charge on any atom is 0.306 e. The molecular formula is C79H137NO10. The number of carbonyl (C=O) groups excluding carboxylic acids is 2. The fourth-order valence-electron chi connectivity index (χ4n) is 11.1. The molecule has 11 heteroatoms. The van der Waals surface area contributed by atoms with Gasteiger partial charge in [-0.3, -0.25) is 9.59 Å². The topological polar surface area (TPSA) is 175 Å². The molecule has 1 aliphatic heterocycles. The van der Waals surface area contributed by atoms with Crippen LogP contribution < -0.4 is 5.32 Å². The highest BCUT2D eigenvalue weighted by Crippen LogP contribution is 2.26. The van der Waals surface area contributed by atoms with Crippen molar-refractivity contribution in [2.24, 2.45) is 0 Å². The monoisotopic (exact) mass is 1260 g/mol. The summed E-state index contributed by atoms with van der Waals surface area (Å²) in [7, 11) is 0. The van der Waals surface area contributed by atoms with Gasteiger partial charge >= 0.3 is 5.97 Å². The molecule has 0 aliphatic carbocycles. The fourth-order valence-corrected chi connectivity index (χ4v) is 11.1. The minimum Gasteiger partial charge on any atom is -0.454 e. The lowest BCUT2D eigenvalue weighted by molar-refractivity contribution is -0.305. The average molecular weight is 1260 g/mol. The number of esters is 1. The van der Waals surface area contributed by atoms with Gasteiger partial charge in [0.2, 0.25) is 5.91 Å². The standard InChI is InChI=1S/C79H137NO10/c1-4-7-10-13-16-19-22-25-27-29-31-33-35-36-37-39-40-42-44-46-48-51-54-57-60-63-66-72(83)78(87)80-70(71(82)65-62-59-56-53-50-24-21-18-15-12-9-6-3)69-88-79-77(76(86)75(85)73(68-81)89-79)90-74(84)67-64-61-58-55-52-49-47-45-43-41-38-34-32-30-28-26-23-20-17-14-11-8-5-2/h7,10,16-17,19-20,25-28,31,33,36-37,40,42,62,65,70-73,75-77,79,81-83,85-86H,4-6,8-9,11-15,18,21-24,29-30,32,34-35,38-39,41,43-61,63-64,66-69H2,1-3H3,(H,80,87)/b10-7-,19-16-,20-17-,27-25-,28-26-,33-31-,37-36-,42-40-,65-62+. The molecule has 8 atom stereocenters. The predicted octanol–water partition coefficient (Wildman–Crippen LogP) is 19.6. The van der Waals surface area contributed by atoms with Crippen molar-refractivity contribution in [2.45, 2.75) is 365 Å². The van der Waals surface area contributed by atoms with Crippen LogP contribution in [0.1, 0.15) is 316 Å². The summed E-state index contributed by atoms with van der Waals surface area (Å²) in [4.78, 5) is 26.7. The first-order valence-electron chi connectivity index (χ1n) is 37.2. The van der Waals surface area contributed by atoms with E-state index >= 15 is 0 Å². The van der Waals surface area contributed by atoms with E-state index in [9.17, 15) is 35.1 Å². The van der Waals surface area contributed by atoms with Crippen LogP contribution >= 0.6 is 0 Å². The third-order valence-electron chi connectivity index (χ3n) is 16.9. The maximum atomic E-state index is 13.5. The number of allylic oxidation sites excluding steroid dienone is 17. The first-order chi connectivity index (χ1) is 44.2. The van der Waals surface area contributed by atoms with Crippen LogP contribution in [-0.2, 0) is 23.8 Å². The summed E-state index contributed by atoms with van der Waals surface area (Å²) in [5, 5.41) is 57.3. The van der Waals surface area contributed by atoms with E-state index in [-0.39, 0.29) is 19.4 Å². The van der Waals surface area contributed by atoms with Crippen molar-refractivity contribution in [2.75, 3.05) is 13.2 Å². The van der Waals surface area contributed by atoms with Crippen molar-refractivity contribution in [3.63, 3.8) is 0 Å². The Morgan fingerprint density at radius 1 is 0.444 bits per heavy atom. The van der Waals surface area contributed by atoms with E-state index in [1.807, 2.05) is 6.08 Å². The Hall–Kier alpha value is -3.68. The largest absolute Gasteiger partial charge is 0.454 e. The molecule has 1 heterocycles. The Balaban J connectivity index is 2.56. The van der Waals surface area contributed by atoms with Crippen LogP contribution in [0.2, 0.25) is 0 Å². The molecule has 1 fully saturated rings. The van der Waals surface area contributed by atoms with Crippen molar-refractivity contribution in [3.8, 4) is 0 Å². The smallest absolute Gasteiger partial charge is 0.306 e. The maximum absolute atomic E-state index is 13.5. The van der Waals surface area contributed by atoms with E-state index in [2.05, 4.69) is 123 Å². The number of carbonyl (C=O) groups is 2. The summed E-state index contributed by atoms with van der Waals surface area (Å²) < 4.78 is 17.7. The van der Waals surface area contributed by atoms with E-state index in [1.165, 1.54) is 148 Å². The zero-order valence-corrected chi connectivity index (χ0v) is 57.7. The molecule has 90 heavy (non-hydrogen) atoms. The van der Waals surface area contributed by atoms with Gasteiger partial charge in [0.25, 0.3) is 0 Å². The van der Waals surface area contributed by atoms with Crippen LogP contribution in [0.15, 0.2) is 109 Å². The Kier molecular flexibility index (Phi) is 61.3. The number of hydrogen-bond donors (Lipinski definition) is 6. The highest BCUT2D eigenvalue weighted by molar-refractivity contribution is 5.80. The van der Waals surface area contributed by atoms with Gasteiger partial charge in [0.15, 0.2) is 12.4 Å². The molecule has 8 unspecified atom stereocenters. The summed E-state index contributed by atoms with van der Waals surface area (Å²) in [6.07, 6.45) is 79.8. The predicted molar refractivity (Wildman–Crippen MR) is 379 cm³/mol. The fraction of sp³-hybridized carbons (Fsp3) is 0.747. The molecule has 11 nitrogen and oxygen atoms in total. The first-order valence-corrected chi connectivity index (χ1v) is 37.2. The quantitative estimate of drug-likeness (QED) is 0.0195. The Morgan fingerprint density at radius 2 is 0.800 bits per heavy atom. The summed E-state index contributed by atoms with van der Waals surface area (Å²) in [6.45, 7) is 5.67. The van der Waals surface area contributed by atoms with Crippen LogP contribution in [0.5, 0.6) is 0 Å². The minimum atomic E-state index is -1.62. The summed E-state index contributed by atoms with van der Waals surface area (Å²) in [5.41, 5.74) is 0. The Morgan fingerprint density at radius 3 is 1.22 bits per heavy atom. The van der Waals surface area contributed by atoms with Gasteiger partial charge in [-0.1, -0.05) is 310 Å². The number of unbranched alkanes of at least 4 members (excludes halogenated alkanes) is 33. The first kappa shape index (κ1) is 84.3. The highest BCUT2D eigenvalue weighted by Gasteiger charge is 2.47. The van der Waals surface area contributed by atoms with Crippen molar-refractivity contribution in [1.82, 2.24) is 5.32 Å². The normalized spacial score (nSPS) is 18.7. The molecule has 0 aromatic heterocycles. The number of ether oxygens (including phenoxy) is 3. The third-order valence-corrected chi connectivity index (χ3v) is 16.9. The molecule has 0 saturated carbocycles. The van der Waals surface area contributed by atoms with Gasteiger partial charge in [0.1, 0.15) is 24.4 Å². The van der Waals surface area contributed by atoms with E-state index in [0.717, 1.165) is 122 Å². The van der Waals surface area contributed by atoms with Gasteiger partial charge in [-0.05, 0) is 109 Å². The number of nitrogens with one attached hydrogen (secondary N) is 1. The molecule has 518 valence electrons. The second-order valence-electron chi connectivity index (χ2n) is 25.3. The second-order valence-corrected chi connectivity index (χ2v) is 25.3. The van der Waals surface area contributed by atoms with Gasteiger partial charge in [-0.2, -0.15) is 0 Å². The van der Waals surface area contributed by atoms with Gasteiger partial charge in [-0.15, -0.1) is 0 Å². The second kappa shape index (κ2) is 65.4. The molecule has 0 radical (unpaired) electrons. The third kappa shape index (κ3) is 51.8. The molecule has 1 rings (SSSR count). The van der Waals surface area contributed by atoms with E-state index in [1.54, 1.807) is 6.08 Å². The zero-order chi connectivity index (χ0) is 65.3. The van der Waals surface area contributed by atoms with Crippen LogP contribution in [0.25, 0.3) is 0 Å². The highest BCUT2D eigenvalue weighted by atomic mass is 16.7. The summed E-state index contributed by atoms with van der Waals surface area (Å²) in [6, 6.07) is -1.04. The SMILES string of the molecule is CC/C=C\C/C=C\C/C=C\C/C=C\C/C=C\C/C=C\CCCCCCCCCC(O)C(=O)NC(COC1OC(CO)C(O)C(O)C1OC(=O)CCCCCCCCCCCCCCC/C=C\C/C=C\CCCCC)C(O)/C=C/CCCCCCCCCCCC. The van der Waals surface area contributed by atoms with E-state index in [4.69, 9.17) is 14.2 Å². The molecule has 1 saturated heterocycles. The Labute approximate surface area is 551 Å². The number of rotatable bonds is 63. The van der Waals surface area contributed by atoms with Gasteiger partial charge in [0, 0.05) is 6.42 Å². The van der Waals surface area contributed by atoms with Crippen molar-refractivity contribution >= 4 is 11.9 Å². The number of aliphatic hydroxyl groups is 5. The molecule has 0 spiro atoms. The Bertz CT molecular complexity index is 1890. The number of hydrogen-bond acceptors (Lipinski definition) is 10. The lowest BCUT2D eigenvalue weighted by Crippen LogP contribution is -2.61. The minimum absolute atomic E-state index is 0.118. The van der Waals surface area contributed by atoms with E-state index < -0.39 is 67.4 Å². The average Bonchev–Trinajstić information content (AvgIpc) is 1.11. The molecular weight excluding hydrogens is 1120 g/mol. The van der Waals surface area contributed by atoms with Crippen LogP contribution in [0, 0.1) is 0 Å². The molecule has 6 N–H and O–H groups in total. The van der Waals surface area contributed by atoms with Crippen molar-refractivity contribution < 1.29 is 49.3 Å². The molecule has 0 bridgehead atoms. The van der Waals surface area contributed by atoms with Crippen LogP contribution in [-0.4, -0.2) is 99.6 Å². The van der Waals surface area contributed by atoms with Crippen molar-refractivity contribution in [1.29, 1.82) is 0 Å². The van der Waals surface area contributed by atoms with Gasteiger partial charge < -0.3 is 45.1 Å². The number of amides is 1. The van der Waals surface area contributed by atoms with Crippen LogP contribution in [0.4, 0.5) is 0 Å². The molecule has 0 aromatic rings. The van der Waals surface area contributed by atoms with Crippen LogP contribution in [0.3, 0.4) is 0 Å². The summed E-state index contributed by atoms with van der Waals surface area (Å²) in [5.74, 6) is -1.20. The lowest BCUT2D eigenvalue weighted by Gasteiger charge is -2.41. The number of aliphatic hydroxyl groups excluding tert-OH is 5. The summed E-state index contributed by atoms with van der Waals surface area (Å²) >= 11 is 0. The lowest BCUT2D eigenvalue weighted by atomic mass is 9.99. The van der Waals surface area contributed by atoms with Crippen molar-refractivity contribution in [3.05, 3.63) is 109 Å². The molecule has 1 aliphatic rings. The zero-order valence-electron chi connectivity index (χ0n) is 57.7. The molecule has 1 amide bonds. The molecule has 0 aromatic carbocycles.